The van der Waals surface area contributed by atoms with Crippen molar-refractivity contribution in [2.75, 3.05) is 33.3 Å². The molecule has 3 N–H and O–H groups in total. The third-order valence-electron chi connectivity index (χ3n) is 4.94. The first kappa shape index (κ1) is 22.8. The van der Waals surface area contributed by atoms with Crippen LogP contribution in [0.1, 0.15) is 46.0 Å². The van der Waals surface area contributed by atoms with E-state index in [1.54, 1.807) is 7.11 Å². The topological polar surface area (TPSA) is 84.0 Å². The van der Waals surface area contributed by atoms with Crippen LogP contribution in [-0.2, 0) is 4.79 Å². The van der Waals surface area contributed by atoms with Crippen LogP contribution in [-0.4, -0.2) is 51.3 Å². The number of amides is 1. The van der Waals surface area contributed by atoms with Crippen molar-refractivity contribution in [3.63, 3.8) is 0 Å². The molecule has 1 aliphatic carbocycles. The lowest BCUT2D eigenvalue weighted by atomic mass is 9.89. The summed E-state index contributed by atoms with van der Waals surface area (Å²) in [5.74, 6) is 2.52. The van der Waals surface area contributed by atoms with Crippen LogP contribution < -0.4 is 25.4 Å². The number of para-hydroxylation sites is 2. The molecule has 2 rings (SSSR count). The molecule has 1 fully saturated rings. The molecule has 0 heterocycles. The van der Waals surface area contributed by atoms with Crippen LogP contribution >= 0.6 is 0 Å². The van der Waals surface area contributed by atoms with Crippen LogP contribution in [0.2, 0.25) is 0 Å². The van der Waals surface area contributed by atoms with E-state index in [0.29, 0.717) is 31.1 Å². The highest BCUT2D eigenvalue weighted by molar-refractivity contribution is 5.80. The Kier molecular flexibility index (Phi) is 10.2. The normalized spacial score (nSPS) is 16.0. The molecule has 0 radical (unpaired) electrons. The van der Waals surface area contributed by atoms with Gasteiger partial charge in [0.05, 0.1) is 13.7 Å². The Morgan fingerprint density at radius 1 is 1.10 bits per heavy atom. The Morgan fingerprint density at radius 2 is 1.79 bits per heavy atom. The number of aliphatic imine (C=N–C) groups is 1. The minimum absolute atomic E-state index is 0.104. The van der Waals surface area contributed by atoms with Gasteiger partial charge in [0.25, 0.3) is 0 Å². The minimum atomic E-state index is -0.104. The van der Waals surface area contributed by atoms with Gasteiger partial charge in [-0.25, -0.2) is 4.99 Å². The van der Waals surface area contributed by atoms with Gasteiger partial charge in [-0.05, 0) is 38.8 Å². The lowest BCUT2D eigenvalue weighted by molar-refractivity contribution is -0.125. The van der Waals surface area contributed by atoms with Crippen LogP contribution in [0.15, 0.2) is 29.3 Å². The smallest absolute Gasteiger partial charge is 0.223 e. The Labute approximate surface area is 174 Å². The Hall–Kier alpha value is -2.44. The predicted octanol–water partition coefficient (Wildman–Crippen LogP) is 2.71. The Morgan fingerprint density at radius 3 is 2.48 bits per heavy atom. The van der Waals surface area contributed by atoms with Gasteiger partial charge in [0, 0.05) is 25.6 Å². The first-order chi connectivity index (χ1) is 14.1. The number of guanidine groups is 1. The molecular weight excluding hydrogens is 368 g/mol. The minimum Gasteiger partial charge on any atom is -0.493 e. The second-order valence-electron chi connectivity index (χ2n) is 7.35. The van der Waals surface area contributed by atoms with E-state index in [2.05, 4.69) is 20.9 Å². The van der Waals surface area contributed by atoms with E-state index in [9.17, 15) is 4.79 Å². The predicted molar refractivity (Wildman–Crippen MR) is 117 cm³/mol. The highest BCUT2D eigenvalue weighted by Gasteiger charge is 2.20. The first-order valence-electron chi connectivity index (χ1n) is 10.7. The fourth-order valence-corrected chi connectivity index (χ4v) is 3.41. The van der Waals surface area contributed by atoms with E-state index in [4.69, 9.17) is 9.47 Å². The zero-order valence-electron chi connectivity index (χ0n) is 18.0. The highest BCUT2D eigenvalue weighted by atomic mass is 16.5. The molecule has 1 saturated carbocycles. The second kappa shape index (κ2) is 12.9. The van der Waals surface area contributed by atoms with E-state index in [1.165, 1.54) is 19.3 Å². The van der Waals surface area contributed by atoms with Crippen molar-refractivity contribution in [3.05, 3.63) is 24.3 Å². The molecule has 7 heteroatoms. The van der Waals surface area contributed by atoms with Gasteiger partial charge < -0.3 is 25.4 Å². The fraction of sp³-hybridized carbons (Fsp3) is 0.636. The molecule has 1 aromatic carbocycles. The molecule has 1 aromatic rings. The third-order valence-corrected chi connectivity index (χ3v) is 4.94. The zero-order valence-corrected chi connectivity index (χ0v) is 18.0. The molecule has 0 bridgehead atoms. The average molecular weight is 405 g/mol. The summed E-state index contributed by atoms with van der Waals surface area (Å²) < 4.78 is 11.3. The summed E-state index contributed by atoms with van der Waals surface area (Å²) in [6.45, 7) is 6.49. The summed E-state index contributed by atoms with van der Waals surface area (Å²) in [7, 11) is 1.63. The van der Waals surface area contributed by atoms with Gasteiger partial charge in [-0.2, -0.15) is 0 Å². The molecule has 1 atom stereocenters. The van der Waals surface area contributed by atoms with Crippen molar-refractivity contribution >= 4 is 11.9 Å². The van der Waals surface area contributed by atoms with Crippen LogP contribution in [0, 0.1) is 5.92 Å². The number of hydrogen-bond donors (Lipinski definition) is 3. The van der Waals surface area contributed by atoms with E-state index in [1.807, 2.05) is 38.1 Å². The Bertz CT molecular complexity index is 645. The van der Waals surface area contributed by atoms with Crippen LogP contribution in [0.3, 0.4) is 0 Å². The molecule has 1 aliphatic rings. The summed E-state index contributed by atoms with van der Waals surface area (Å²) in [4.78, 5) is 16.8. The van der Waals surface area contributed by atoms with Gasteiger partial charge in [0.15, 0.2) is 17.5 Å². The molecule has 0 saturated heterocycles. The first-order valence-corrected chi connectivity index (χ1v) is 10.7. The van der Waals surface area contributed by atoms with Gasteiger partial charge in [-0.1, -0.05) is 31.4 Å². The summed E-state index contributed by atoms with van der Waals surface area (Å²) in [5.41, 5.74) is 0. The van der Waals surface area contributed by atoms with Gasteiger partial charge in [0.2, 0.25) is 5.91 Å². The lowest BCUT2D eigenvalue weighted by Gasteiger charge is -2.21. The van der Waals surface area contributed by atoms with Crippen molar-refractivity contribution < 1.29 is 14.3 Å². The maximum absolute atomic E-state index is 12.2. The lowest BCUT2D eigenvalue weighted by Crippen LogP contribution is -2.43. The number of benzene rings is 1. The summed E-state index contributed by atoms with van der Waals surface area (Å²) in [5, 5.41) is 9.52. The maximum atomic E-state index is 12.2. The van der Waals surface area contributed by atoms with Gasteiger partial charge in [-0.15, -0.1) is 0 Å². The van der Waals surface area contributed by atoms with Crippen molar-refractivity contribution in [1.29, 1.82) is 0 Å². The van der Waals surface area contributed by atoms with Crippen molar-refractivity contribution in [3.8, 4) is 11.5 Å². The van der Waals surface area contributed by atoms with Gasteiger partial charge in [-0.3, -0.25) is 4.79 Å². The number of ether oxygens (including phenoxy) is 2. The monoisotopic (exact) mass is 404 g/mol. The van der Waals surface area contributed by atoms with Crippen molar-refractivity contribution in [2.45, 2.75) is 52.1 Å². The molecule has 29 heavy (non-hydrogen) atoms. The fourth-order valence-electron chi connectivity index (χ4n) is 3.41. The molecule has 162 valence electrons. The molecule has 0 aromatic heterocycles. The maximum Gasteiger partial charge on any atom is 0.223 e. The average Bonchev–Trinajstić information content (AvgIpc) is 2.75. The number of rotatable bonds is 10. The van der Waals surface area contributed by atoms with Gasteiger partial charge >= 0.3 is 0 Å². The van der Waals surface area contributed by atoms with Gasteiger partial charge in [0.1, 0.15) is 6.10 Å². The molecule has 0 aliphatic heterocycles. The molecule has 1 amide bonds. The SMILES string of the molecule is CCNC(=NCC(C)Oc1ccccc1OC)NCCNC(=O)C1CCCCC1. The molecule has 1 unspecified atom stereocenters. The third kappa shape index (κ3) is 8.21. The van der Waals surface area contributed by atoms with E-state index in [0.717, 1.165) is 25.3 Å². The number of nitrogens with zero attached hydrogens (tertiary/aromatic N) is 1. The standard InChI is InChI=1S/C22H36N4O3/c1-4-23-22(25-15-14-24-21(27)18-10-6-5-7-11-18)26-16-17(2)29-20-13-9-8-12-19(20)28-3/h8-9,12-13,17-18H,4-7,10-11,14-16H2,1-3H3,(H,24,27)(H2,23,25,26). The van der Waals surface area contributed by atoms with E-state index >= 15 is 0 Å². The summed E-state index contributed by atoms with van der Waals surface area (Å²) in [6.07, 6.45) is 5.53. The number of carbonyl (C=O) groups is 1. The quantitative estimate of drug-likeness (QED) is 0.317. The number of carbonyl (C=O) groups excluding carboxylic acids is 1. The van der Waals surface area contributed by atoms with Crippen molar-refractivity contribution in [2.24, 2.45) is 10.9 Å². The molecular formula is C22H36N4O3. The van der Waals surface area contributed by atoms with Crippen molar-refractivity contribution in [1.82, 2.24) is 16.0 Å². The molecule has 0 spiro atoms. The largest absolute Gasteiger partial charge is 0.493 e. The number of methoxy groups -OCH3 is 1. The van der Waals surface area contributed by atoms with E-state index in [-0.39, 0.29) is 17.9 Å². The number of hydrogen-bond acceptors (Lipinski definition) is 4. The number of nitrogens with one attached hydrogen (secondary N) is 3. The van der Waals surface area contributed by atoms with Crippen LogP contribution in [0.4, 0.5) is 0 Å². The Balaban J connectivity index is 1.74. The summed E-state index contributed by atoms with van der Waals surface area (Å²) in [6, 6.07) is 7.59. The summed E-state index contributed by atoms with van der Waals surface area (Å²) >= 11 is 0. The van der Waals surface area contributed by atoms with Crippen LogP contribution in [0.25, 0.3) is 0 Å². The van der Waals surface area contributed by atoms with E-state index < -0.39 is 0 Å². The highest BCUT2D eigenvalue weighted by Crippen LogP contribution is 2.26. The zero-order chi connectivity index (χ0) is 20.9. The second-order valence-corrected chi connectivity index (χ2v) is 7.35. The molecule has 7 nitrogen and oxygen atoms in total. The van der Waals surface area contributed by atoms with Crippen LogP contribution in [0.5, 0.6) is 11.5 Å².